The average molecular weight is 577 g/mol. The minimum atomic E-state index is -0.795. The van der Waals surface area contributed by atoms with Gasteiger partial charge in [-0.25, -0.2) is 9.69 Å². The number of methoxy groups -OCH3 is 2. The van der Waals surface area contributed by atoms with E-state index in [9.17, 15) is 9.59 Å². The van der Waals surface area contributed by atoms with Crippen LogP contribution in [0.25, 0.3) is 0 Å². The van der Waals surface area contributed by atoms with Crippen LogP contribution >= 0.6 is 45.8 Å². The van der Waals surface area contributed by atoms with Gasteiger partial charge >= 0.3 is 6.09 Å². The number of amides is 2. The number of halogens is 3. The van der Waals surface area contributed by atoms with E-state index in [4.69, 9.17) is 32.8 Å². The Bertz CT molecular complexity index is 1040. The summed E-state index contributed by atoms with van der Waals surface area (Å²) in [7, 11) is 2.59. The first-order chi connectivity index (χ1) is 14.7. The molecule has 1 aliphatic heterocycles. The van der Waals surface area contributed by atoms with Crippen molar-refractivity contribution in [3.8, 4) is 0 Å². The van der Waals surface area contributed by atoms with Gasteiger partial charge in [-0.15, -0.1) is 0 Å². The molecule has 0 saturated carbocycles. The molecular weight excluding hydrogens is 558 g/mol. The van der Waals surface area contributed by atoms with Crippen LogP contribution < -0.4 is 0 Å². The predicted octanol–water partition coefficient (Wildman–Crippen LogP) is 5.45. The Balaban J connectivity index is 1.83. The van der Waals surface area contributed by atoms with Gasteiger partial charge in [-0.1, -0.05) is 34.4 Å². The van der Waals surface area contributed by atoms with E-state index in [-0.39, 0.29) is 6.73 Å². The third-order valence-corrected chi connectivity index (χ3v) is 6.10. The van der Waals surface area contributed by atoms with Crippen LogP contribution in [0.4, 0.5) is 4.79 Å². The number of hydrogen-bond donors (Lipinski definition) is 0. The van der Waals surface area contributed by atoms with Crippen LogP contribution in [0.1, 0.15) is 34.8 Å². The molecule has 2 aromatic rings. The number of imide groups is 1. The predicted molar refractivity (Wildman–Crippen MR) is 126 cm³/mol. The van der Waals surface area contributed by atoms with E-state index in [2.05, 4.69) is 9.89 Å². The molecule has 0 bridgehead atoms. The van der Waals surface area contributed by atoms with Crippen LogP contribution in [-0.4, -0.2) is 43.6 Å². The van der Waals surface area contributed by atoms with Gasteiger partial charge in [0.25, 0.3) is 5.91 Å². The van der Waals surface area contributed by atoms with E-state index < -0.39 is 17.6 Å². The summed E-state index contributed by atoms with van der Waals surface area (Å²) in [4.78, 5) is 31.3. The summed E-state index contributed by atoms with van der Waals surface area (Å²) in [6, 6.07) is 10.5. The number of benzene rings is 2. The molecule has 1 atom stereocenters. The normalized spacial score (nSPS) is 17.7. The van der Waals surface area contributed by atoms with Gasteiger partial charge in [-0.05, 0) is 59.8 Å². The lowest BCUT2D eigenvalue weighted by molar-refractivity contribution is -0.00738. The van der Waals surface area contributed by atoms with Crippen molar-refractivity contribution in [2.24, 2.45) is 5.16 Å². The molecule has 10 heteroatoms. The molecule has 7 nitrogen and oxygen atoms in total. The van der Waals surface area contributed by atoms with Crippen LogP contribution in [0.2, 0.25) is 10.0 Å². The van der Waals surface area contributed by atoms with E-state index in [1.165, 1.54) is 14.2 Å². The zero-order valence-electron chi connectivity index (χ0n) is 16.9. The highest BCUT2D eigenvalue weighted by Gasteiger charge is 2.37. The number of hydrogen-bond acceptors (Lipinski definition) is 6. The average Bonchev–Trinajstić information content (AvgIpc) is 3.14. The summed E-state index contributed by atoms with van der Waals surface area (Å²) in [5.74, 6) is -0.521. The molecule has 1 unspecified atom stereocenters. The fraction of sp³-hybridized carbons (Fsp3) is 0.286. The molecule has 0 aromatic heterocycles. The minimum Gasteiger partial charge on any atom is -0.452 e. The smallest absolute Gasteiger partial charge is 0.418 e. The number of nitrogens with zero attached hydrogens (tertiary/aromatic N) is 2. The van der Waals surface area contributed by atoms with Crippen molar-refractivity contribution in [2.45, 2.75) is 18.9 Å². The third kappa shape index (κ3) is 5.14. The van der Waals surface area contributed by atoms with Gasteiger partial charge in [-0.2, -0.15) is 0 Å². The minimum absolute atomic E-state index is 0.218. The van der Waals surface area contributed by atoms with Crippen LogP contribution in [0.5, 0.6) is 0 Å². The summed E-state index contributed by atoms with van der Waals surface area (Å²) in [6.45, 7) is 1.69. The highest BCUT2D eigenvalue weighted by Crippen LogP contribution is 2.38. The topological polar surface area (TPSA) is 77.4 Å². The van der Waals surface area contributed by atoms with Crippen molar-refractivity contribution < 1.29 is 23.9 Å². The highest BCUT2D eigenvalue weighted by atomic mass is 127. The van der Waals surface area contributed by atoms with Gasteiger partial charge in [0.15, 0.2) is 5.60 Å². The lowest BCUT2D eigenvalue weighted by Gasteiger charge is -2.22. The first-order valence-electron chi connectivity index (χ1n) is 9.09. The molecule has 31 heavy (non-hydrogen) atoms. The van der Waals surface area contributed by atoms with E-state index in [1.54, 1.807) is 30.3 Å². The molecular formula is C21H19Cl2IN2O5. The molecule has 3 rings (SSSR count). The van der Waals surface area contributed by atoms with Crippen molar-refractivity contribution in [1.82, 2.24) is 4.90 Å². The molecule has 0 radical (unpaired) electrons. The fourth-order valence-electron chi connectivity index (χ4n) is 3.16. The van der Waals surface area contributed by atoms with Crippen molar-refractivity contribution in [3.63, 3.8) is 0 Å². The number of ether oxygens (including phenoxy) is 2. The zero-order valence-corrected chi connectivity index (χ0v) is 20.6. The van der Waals surface area contributed by atoms with E-state index >= 15 is 0 Å². The zero-order chi connectivity index (χ0) is 22.8. The first-order valence-corrected chi connectivity index (χ1v) is 10.9. The molecule has 2 aromatic carbocycles. The summed E-state index contributed by atoms with van der Waals surface area (Å²) >= 11 is 14.3. The SMILES string of the molecule is COCN(C(=O)OC)C(=O)c1ccc(C2=NOC(C)(c3cc(Cl)cc(Cl)c3)C2)cc1I. The molecule has 2 amide bonds. The molecule has 0 saturated heterocycles. The van der Waals surface area contributed by atoms with E-state index in [0.717, 1.165) is 21.7 Å². The first kappa shape index (κ1) is 23.8. The molecule has 0 N–H and O–H groups in total. The summed E-state index contributed by atoms with van der Waals surface area (Å²) in [5, 5.41) is 5.29. The Hall–Kier alpha value is -1.88. The highest BCUT2D eigenvalue weighted by molar-refractivity contribution is 14.1. The molecule has 0 fully saturated rings. The lowest BCUT2D eigenvalue weighted by atomic mass is 9.89. The Morgan fingerprint density at radius 3 is 2.45 bits per heavy atom. The van der Waals surface area contributed by atoms with Crippen molar-refractivity contribution in [3.05, 3.63) is 66.7 Å². The maximum atomic E-state index is 12.8. The molecule has 164 valence electrons. The van der Waals surface area contributed by atoms with Crippen molar-refractivity contribution in [2.75, 3.05) is 21.0 Å². The van der Waals surface area contributed by atoms with Crippen LogP contribution in [0.3, 0.4) is 0 Å². The Morgan fingerprint density at radius 1 is 1.19 bits per heavy atom. The lowest BCUT2D eigenvalue weighted by Crippen LogP contribution is -2.38. The summed E-state index contributed by atoms with van der Waals surface area (Å²) in [5.41, 5.74) is 1.96. The third-order valence-electron chi connectivity index (χ3n) is 4.77. The molecule has 0 spiro atoms. The Morgan fingerprint density at radius 2 is 1.87 bits per heavy atom. The quantitative estimate of drug-likeness (QED) is 0.349. The van der Waals surface area contributed by atoms with Crippen LogP contribution in [0.15, 0.2) is 41.6 Å². The summed E-state index contributed by atoms with van der Waals surface area (Å²) < 4.78 is 10.3. The van der Waals surface area contributed by atoms with Gasteiger partial charge in [0, 0.05) is 38.3 Å². The van der Waals surface area contributed by atoms with Gasteiger partial charge in [0.2, 0.25) is 0 Å². The van der Waals surface area contributed by atoms with Gasteiger partial charge < -0.3 is 14.3 Å². The van der Waals surface area contributed by atoms with Crippen molar-refractivity contribution >= 4 is 63.5 Å². The molecule has 1 heterocycles. The standard InChI is InChI=1S/C21H19Cl2IN2O5/c1-21(13-7-14(22)9-15(23)8-13)10-18(25-31-21)12-4-5-16(17(24)6-12)19(27)26(11-29-2)20(28)30-3/h4-9H,10-11H2,1-3H3. The monoisotopic (exact) mass is 576 g/mol. The van der Waals surface area contributed by atoms with Gasteiger partial charge in [-0.3, -0.25) is 4.79 Å². The Kier molecular flexibility index (Phi) is 7.46. The van der Waals surface area contributed by atoms with Crippen LogP contribution in [0, 0.1) is 3.57 Å². The second kappa shape index (κ2) is 9.72. The second-order valence-electron chi connectivity index (χ2n) is 7.01. The van der Waals surface area contributed by atoms with Gasteiger partial charge in [0.1, 0.15) is 6.73 Å². The molecule has 0 aliphatic carbocycles. The van der Waals surface area contributed by atoms with E-state index in [1.807, 2.05) is 35.6 Å². The maximum absolute atomic E-state index is 12.8. The summed E-state index contributed by atoms with van der Waals surface area (Å²) in [6.07, 6.45) is -0.304. The van der Waals surface area contributed by atoms with Crippen LogP contribution in [-0.2, 0) is 19.9 Å². The van der Waals surface area contributed by atoms with Gasteiger partial charge in [0.05, 0.1) is 18.4 Å². The Labute approximate surface area is 203 Å². The number of oxime groups is 1. The number of carbonyl (C=O) groups excluding carboxylic acids is 2. The number of carbonyl (C=O) groups is 2. The van der Waals surface area contributed by atoms with E-state index in [0.29, 0.717) is 25.6 Å². The largest absolute Gasteiger partial charge is 0.452 e. The number of rotatable bonds is 5. The fourth-order valence-corrected chi connectivity index (χ4v) is 4.43. The maximum Gasteiger partial charge on any atom is 0.418 e. The molecule has 1 aliphatic rings. The van der Waals surface area contributed by atoms with Crippen molar-refractivity contribution in [1.29, 1.82) is 0 Å². The second-order valence-corrected chi connectivity index (χ2v) is 9.05.